The van der Waals surface area contributed by atoms with Gasteiger partial charge in [-0.1, -0.05) is 11.8 Å². The quantitative estimate of drug-likeness (QED) is 0.667. The van der Waals surface area contributed by atoms with Gasteiger partial charge in [-0.05, 0) is 18.6 Å². The number of hydrogen-bond acceptors (Lipinski definition) is 8. The maximum absolute atomic E-state index is 14.8. The Kier molecular flexibility index (Phi) is 5.12. The predicted octanol–water partition coefficient (Wildman–Crippen LogP) is 2.94. The second kappa shape index (κ2) is 7.30. The number of thioether (sulfide) groups is 1. The average Bonchev–Trinajstić information content (AvgIpc) is 3.35. The number of halogens is 1. The number of carbonyl (C=O) groups excluding carboxylic acids is 1. The molecule has 2 aromatic rings. The van der Waals surface area contributed by atoms with Crippen molar-refractivity contribution in [2.24, 2.45) is 0 Å². The summed E-state index contributed by atoms with van der Waals surface area (Å²) in [5.41, 5.74) is 1.36. The van der Waals surface area contributed by atoms with Gasteiger partial charge in [-0.2, -0.15) is 8.42 Å². The number of furan rings is 1. The van der Waals surface area contributed by atoms with E-state index in [0.29, 0.717) is 35.4 Å². The van der Waals surface area contributed by atoms with E-state index >= 15 is 0 Å². The normalized spacial score (nSPS) is 21.3. The smallest absolute Gasteiger partial charge is 0.286 e. The molecule has 28 heavy (non-hydrogen) atoms. The molecule has 1 aromatic carbocycles. The van der Waals surface area contributed by atoms with Crippen LogP contribution in [0.3, 0.4) is 0 Å². The lowest BCUT2D eigenvalue weighted by molar-refractivity contribution is -0.0446. The first-order valence-electron chi connectivity index (χ1n) is 8.50. The van der Waals surface area contributed by atoms with E-state index in [-0.39, 0.29) is 29.2 Å². The zero-order valence-electron chi connectivity index (χ0n) is 15.1. The third-order valence-corrected chi connectivity index (χ3v) is 6.18. The number of ether oxygens (including phenoxy) is 2. The van der Waals surface area contributed by atoms with Crippen LogP contribution in [0.1, 0.15) is 17.4 Å². The zero-order chi connectivity index (χ0) is 20.1. The molecule has 2 aliphatic rings. The van der Waals surface area contributed by atoms with Crippen LogP contribution in [0.2, 0.25) is 0 Å². The molecule has 0 saturated carbocycles. The van der Waals surface area contributed by atoms with Gasteiger partial charge in [0.05, 0.1) is 37.0 Å². The first-order chi connectivity index (χ1) is 13.2. The molecular weight excluding hydrogens is 413 g/mol. The van der Waals surface area contributed by atoms with Crippen molar-refractivity contribution in [1.82, 2.24) is 0 Å². The summed E-state index contributed by atoms with van der Waals surface area (Å²) in [5.74, 6) is -0.533. The molecule has 1 atom stereocenters. The van der Waals surface area contributed by atoms with Gasteiger partial charge >= 0.3 is 0 Å². The standard InChI is InChI=1S/C17H18FNO7S2/c1-9-11(16-23-3-4-24-16)5-12-13(8-25-15(12)14(9)18)19-6-10(27-17(19)20)7-26-28(2,21)22/h5,8,10,16H,3-4,6-7H2,1-2H3/t10-/m1/s1. The Hall–Kier alpha value is -1.66. The summed E-state index contributed by atoms with van der Waals surface area (Å²) in [4.78, 5) is 13.9. The molecule has 11 heteroatoms. The van der Waals surface area contributed by atoms with Crippen molar-refractivity contribution in [3.63, 3.8) is 0 Å². The third kappa shape index (κ3) is 3.64. The van der Waals surface area contributed by atoms with E-state index in [1.807, 2.05) is 0 Å². The number of benzene rings is 1. The molecule has 1 aromatic heterocycles. The maximum Gasteiger partial charge on any atom is 0.286 e. The van der Waals surface area contributed by atoms with Crippen molar-refractivity contribution in [1.29, 1.82) is 0 Å². The second-order valence-corrected chi connectivity index (χ2v) is 9.48. The molecule has 152 valence electrons. The van der Waals surface area contributed by atoms with Crippen LogP contribution in [0, 0.1) is 12.7 Å². The number of anilines is 1. The summed E-state index contributed by atoms with van der Waals surface area (Å²) in [6, 6.07) is 1.71. The monoisotopic (exact) mass is 431 g/mol. The van der Waals surface area contributed by atoms with Crippen LogP contribution >= 0.6 is 11.8 Å². The molecule has 2 aliphatic heterocycles. The predicted molar refractivity (Wildman–Crippen MR) is 100 cm³/mol. The Morgan fingerprint density at radius 2 is 2.07 bits per heavy atom. The minimum atomic E-state index is -3.60. The van der Waals surface area contributed by atoms with Gasteiger partial charge in [-0.3, -0.25) is 13.9 Å². The average molecular weight is 431 g/mol. The lowest BCUT2D eigenvalue weighted by atomic mass is 10.0. The minimum absolute atomic E-state index is 0.0443. The first kappa shape index (κ1) is 19.6. The molecule has 3 heterocycles. The summed E-state index contributed by atoms with van der Waals surface area (Å²) >= 11 is 0.971. The van der Waals surface area contributed by atoms with Crippen LogP contribution in [-0.2, 0) is 23.8 Å². The molecule has 2 saturated heterocycles. The van der Waals surface area contributed by atoms with E-state index in [9.17, 15) is 17.6 Å². The lowest BCUT2D eigenvalue weighted by Crippen LogP contribution is -2.26. The zero-order valence-corrected chi connectivity index (χ0v) is 16.8. The summed E-state index contributed by atoms with van der Waals surface area (Å²) in [7, 11) is -3.60. The van der Waals surface area contributed by atoms with E-state index in [0.717, 1.165) is 18.0 Å². The fourth-order valence-electron chi connectivity index (χ4n) is 3.22. The molecule has 2 fully saturated rings. The molecule has 0 bridgehead atoms. The van der Waals surface area contributed by atoms with E-state index < -0.39 is 22.2 Å². The molecule has 0 N–H and O–H groups in total. The number of hydrogen-bond donors (Lipinski definition) is 0. The van der Waals surface area contributed by atoms with Gasteiger partial charge in [0, 0.05) is 17.5 Å². The van der Waals surface area contributed by atoms with Crippen LogP contribution in [0.25, 0.3) is 11.0 Å². The van der Waals surface area contributed by atoms with Crippen LogP contribution in [0.15, 0.2) is 16.7 Å². The fourth-order valence-corrected chi connectivity index (χ4v) is 4.67. The van der Waals surface area contributed by atoms with Gasteiger partial charge in [0.25, 0.3) is 15.4 Å². The lowest BCUT2D eigenvalue weighted by Gasteiger charge is -2.16. The summed E-state index contributed by atoms with van der Waals surface area (Å²) in [5, 5.41) is -0.236. The summed E-state index contributed by atoms with van der Waals surface area (Å²) in [6.07, 6.45) is 1.61. The highest BCUT2D eigenvalue weighted by Crippen LogP contribution is 2.40. The number of rotatable bonds is 5. The van der Waals surface area contributed by atoms with Crippen LogP contribution in [0.4, 0.5) is 14.9 Å². The number of nitrogens with zero attached hydrogens (tertiary/aromatic N) is 1. The van der Waals surface area contributed by atoms with Gasteiger partial charge in [-0.25, -0.2) is 4.39 Å². The van der Waals surface area contributed by atoms with Crippen molar-refractivity contribution in [3.8, 4) is 0 Å². The Morgan fingerprint density at radius 1 is 1.36 bits per heavy atom. The molecule has 1 amide bonds. The highest BCUT2D eigenvalue weighted by molar-refractivity contribution is 8.14. The van der Waals surface area contributed by atoms with Crippen molar-refractivity contribution < 1.29 is 35.7 Å². The highest BCUT2D eigenvalue weighted by Gasteiger charge is 2.35. The Balaban J connectivity index is 1.66. The van der Waals surface area contributed by atoms with Crippen LogP contribution < -0.4 is 4.90 Å². The maximum atomic E-state index is 14.8. The largest absolute Gasteiger partial charge is 0.459 e. The Labute approximate surface area is 165 Å². The fraction of sp³-hybridized carbons (Fsp3) is 0.471. The second-order valence-electron chi connectivity index (χ2n) is 6.58. The SMILES string of the molecule is Cc1c(C2OCCO2)cc2c(N3C[C@H](COS(C)(=O)=O)SC3=O)coc2c1F. The van der Waals surface area contributed by atoms with Crippen molar-refractivity contribution >= 4 is 43.8 Å². The number of carbonyl (C=O) groups is 1. The third-order valence-electron chi connectivity index (χ3n) is 4.58. The number of fused-ring (bicyclic) bond motifs is 1. The summed E-state index contributed by atoms with van der Waals surface area (Å²) in [6.45, 7) is 2.56. The van der Waals surface area contributed by atoms with Gasteiger partial charge < -0.3 is 13.9 Å². The minimum Gasteiger partial charge on any atom is -0.459 e. The van der Waals surface area contributed by atoms with Crippen molar-refractivity contribution in [2.45, 2.75) is 18.5 Å². The van der Waals surface area contributed by atoms with E-state index in [1.165, 1.54) is 11.2 Å². The Bertz CT molecular complexity index is 1030. The van der Waals surface area contributed by atoms with Crippen LogP contribution in [0.5, 0.6) is 0 Å². The highest BCUT2D eigenvalue weighted by atomic mass is 32.2. The van der Waals surface area contributed by atoms with Gasteiger partial charge in [-0.15, -0.1) is 0 Å². The van der Waals surface area contributed by atoms with E-state index in [4.69, 9.17) is 18.1 Å². The molecule has 4 rings (SSSR count). The van der Waals surface area contributed by atoms with Crippen LogP contribution in [-0.4, -0.2) is 51.5 Å². The van der Waals surface area contributed by atoms with Gasteiger partial charge in [0.15, 0.2) is 17.7 Å². The van der Waals surface area contributed by atoms with Crippen molar-refractivity contribution in [3.05, 3.63) is 29.3 Å². The molecule has 0 aliphatic carbocycles. The molecule has 0 spiro atoms. The van der Waals surface area contributed by atoms with Gasteiger partial charge in [0.1, 0.15) is 6.26 Å². The Morgan fingerprint density at radius 3 is 2.75 bits per heavy atom. The molecule has 0 unspecified atom stereocenters. The molecule has 0 radical (unpaired) electrons. The van der Waals surface area contributed by atoms with Gasteiger partial charge in [0.2, 0.25) is 0 Å². The number of amides is 1. The molecule has 8 nitrogen and oxygen atoms in total. The van der Waals surface area contributed by atoms with E-state index in [1.54, 1.807) is 13.0 Å². The van der Waals surface area contributed by atoms with Crippen molar-refractivity contribution in [2.75, 3.05) is 37.5 Å². The topological polar surface area (TPSA) is 95.3 Å². The summed E-state index contributed by atoms with van der Waals surface area (Å²) < 4.78 is 58.4. The first-order valence-corrected chi connectivity index (χ1v) is 11.2. The van der Waals surface area contributed by atoms with E-state index in [2.05, 4.69) is 0 Å². The molecular formula is C17H18FNO7S2.